The third kappa shape index (κ3) is 4.32. The molecule has 0 atom stereocenters. The molecule has 3 heterocycles. The summed E-state index contributed by atoms with van der Waals surface area (Å²) in [5, 5.41) is 11.7. The molecule has 0 radical (unpaired) electrons. The second kappa shape index (κ2) is 8.77. The first-order chi connectivity index (χ1) is 14.6. The molecule has 1 aliphatic rings. The lowest BCUT2D eigenvalue weighted by atomic mass is 10.1. The third-order valence-electron chi connectivity index (χ3n) is 5.18. The minimum Gasteiger partial charge on any atom is -0.467 e. The van der Waals surface area contributed by atoms with Crippen LogP contribution in [0.25, 0.3) is 0 Å². The molecule has 3 aromatic rings. The Labute approximate surface area is 173 Å². The van der Waals surface area contributed by atoms with Gasteiger partial charge < -0.3 is 14.2 Å². The zero-order chi connectivity index (χ0) is 20.9. The lowest BCUT2D eigenvalue weighted by molar-refractivity contribution is -0.384. The maximum atomic E-state index is 13.3. The van der Waals surface area contributed by atoms with Crippen LogP contribution in [-0.2, 0) is 13.1 Å². The summed E-state index contributed by atoms with van der Waals surface area (Å²) in [6, 6.07) is 12.0. The molecular formula is C22H22N4O4. The van der Waals surface area contributed by atoms with Crippen molar-refractivity contribution >= 4 is 17.3 Å². The van der Waals surface area contributed by atoms with E-state index in [0.29, 0.717) is 18.0 Å². The van der Waals surface area contributed by atoms with E-state index in [-0.39, 0.29) is 23.7 Å². The van der Waals surface area contributed by atoms with Crippen LogP contribution in [-0.4, -0.2) is 33.8 Å². The van der Waals surface area contributed by atoms with E-state index in [9.17, 15) is 14.9 Å². The zero-order valence-electron chi connectivity index (χ0n) is 16.4. The van der Waals surface area contributed by atoms with Crippen LogP contribution in [0.1, 0.15) is 34.5 Å². The number of pyridine rings is 1. The van der Waals surface area contributed by atoms with Crippen LogP contribution < -0.4 is 4.90 Å². The Hall–Kier alpha value is -3.68. The molecule has 0 saturated carbocycles. The molecule has 1 fully saturated rings. The predicted molar refractivity (Wildman–Crippen MR) is 111 cm³/mol. The van der Waals surface area contributed by atoms with Gasteiger partial charge in [-0.15, -0.1) is 0 Å². The summed E-state index contributed by atoms with van der Waals surface area (Å²) >= 11 is 0. The van der Waals surface area contributed by atoms with E-state index in [1.54, 1.807) is 53.9 Å². The van der Waals surface area contributed by atoms with Gasteiger partial charge in [0.05, 0.1) is 17.7 Å². The molecule has 1 aliphatic heterocycles. The average molecular weight is 406 g/mol. The highest BCUT2D eigenvalue weighted by atomic mass is 16.6. The third-order valence-corrected chi connectivity index (χ3v) is 5.18. The van der Waals surface area contributed by atoms with Crippen LogP contribution in [0.3, 0.4) is 0 Å². The van der Waals surface area contributed by atoms with Crippen molar-refractivity contribution < 1.29 is 14.1 Å². The lowest BCUT2D eigenvalue weighted by Gasteiger charge is -2.23. The Morgan fingerprint density at radius 2 is 2.00 bits per heavy atom. The Morgan fingerprint density at radius 3 is 2.67 bits per heavy atom. The van der Waals surface area contributed by atoms with E-state index in [4.69, 9.17) is 4.42 Å². The van der Waals surface area contributed by atoms with Gasteiger partial charge in [-0.25, -0.2) is 0 Å². The number of rotatable bonds is 7. The molecule has 1 saturated heterocycles. The van der Waals surface area contributed by atoms with Gasteiger partial charge >= 0.3 is 0 Å². The van der Waals surface area contributed by atoms with Crippen LogP contribution in [0.5, 0.6) is 0 Å². The van der Waals surface area contributed by atoms with Crippen molar-refractivity contribution in [3.8, 4) is 0 Å². The summed E-state index contributed by atoms with van der Waals surface area (Å²) < 4.78 is 5.41. The van der Waals surface area contributed by atoms with Crippen molar-refractivity contribution in [1.82, 2.24) is 9.88 Å². The Morgan fingerprint density at radius 1 is 1.17 bits per heavy atom. The van der Waals surface area contributed by atoms with E-state index in [2.05, 4.69) is 4.98 Å². The number of anilines is 1. The van der Waals surface area contributed by atoms with Crippen LogP contribution in [0.2, 0.25) is 0 Å². The van der Waals surface area contributed by atoms with E-state index in [0.717, 1.165) is 31.5 Å². The second-order valence-electron chi connectivity index (χ2n) is 7.26. The van der Waals surface area contributed by atoms with Gasteiger partial charge in [0.1, 0.15) is 11.4 Å². The lowest BCUT2D eigenvalue weighted by Crippen LogP contribution is -2.30. The van der Waals surface area contributed by atoms with Gasteiger partial charge in [-0.3, -0.25) is 19.9 Å². The molecule has 2 aromatic heterocycles. The fourth-order valence-corrected chi connectivity index (χ4v) is 3.71. The Kier molecular flexibility index (Phi) is 5.74. The van der Waals surface area contributed by atoms with Gasteiger partial charge in [0.15, 0.2) is 0 Å². The van der Waals surface area contributed by atoms with E-state index in [1.807, 2.05) is 11.0 Å². The molecule has 30 heavy (non-hydrogen) atoms. The van der Waals surface area contributed by atoms with Crippen molar-refractivity contribution in [1.29, 1.82) is 0 Å². The van der Waals surface area contributed by atoms with Crippen molar-refractivity contribution in [2.45, 2.75) is 25.9 Å². The molecule has 0 spiro atoms. The summed E-state index contributed by atoms with van der Waals surface area (Å²) in [4.78, 5) is 32.3. The molecule has 8 nitrogen and oxygen atoms in total. The summed E-state index contributed by atoms with van der Waals surface area (Å²) in [5.41, 5.74) is 1.67. The van der Waals surface area contributed by atoms with Crippen LogP contribution in [0.15, 0.2) is 65.5 Å². The molecule has 0 N–H and O–H groups in total. The number of furan rings is 1. The number of benzene rings is 1. The van der Waals surface area contributed by atoms with Crippen LogP contribution >= 0.6 is 0 Å². The highest BCUT2D eigenvalue weighted by Gasteiger charge is 2.26. The summed E-state index contributed by atoms with van der Waals surface area (Å²) in [7, 11) is 0. The summed E-state index contributed by atoms with van der Waals surface area (Å²) in [6.45, 7) is 2.15. The number of nitro groups is 1. The number of aromatic nitrogens is 1. The van der Waals surface area contributed by atoms with Gasteiger partial charge in [0, 0.05) is 43.7 Å². The molecule has 1 aromatic carbocycles. The molecule has 0 aliphatic carbocycles. The van der Waals surface area contributed by atoms with Crippen molar-refractivity contribution in [3.05, 3.63) is 88.1 Å². The maximum Gasteiger partial charge on any atom is 0.293 e. The molecular weight excluding hydrogens is 384 g/mol. The SMILES string of the molecule is O=C(c1ccc(N2CCCC2)c([N+](=O)[O-])c1)N(Cc1cccnc1)Cc1ccco1. The molecule has 154 valence electrons. The quantitative estimate of drug-likeness (QED) is 0.434. The Balaban J connectivity index is 1.64. The molecule has 8 heteroatoms. The van der Waals surface area contributed by atoms with E-state index >= 15 is 0 Å². The van der Waals surface area contributed by atoms with E-state index < -0.39 is 4.92 Å². The van der Waals surface area contributed by atoms with Gasteiger partial charge in [0.2, 0.25) is 0 Å². The van der Waals surface area contributed by atoms with Crippen molar-refractivity contribution in [3.63, 3.8) is 0 Å². The topological polar surface area (TPSA) is 92.7 Å². The molecule has 1 amide bonds. The molecule has 4 rings (SSSR count). The monoisotopic (exact) mass is 406 g/mol. The molecule has 0 unspecified atom stereocenters. The number of hydrogen-bond acceptors (Lipinski definition) is 6. The largest absolute Gasteiger partial charge is 0.467 e. The van der Waals surface area contributed by atoms with Gasteiger partial charge in [-0.1, -0.05) is 6.07 Å². The van der Waals surface area contributed by atoms with Gasteiger partial charge in [-0.2, -0.15) is 0 Å². The van der Waals surface area contributed by atoms with Crippen LogP contribution in [0, 0.1) is 10.1 Å². The predicted octanol–water partition coefficient (Wildman–Crippen LogP) is 4.03. The maximum absolute atomic E-state index is 13.3. The average Bonchev–Trinajstić information content (AvgIpc) is 3.47. The number of hydrogen-bond donors (Lipinski definition) is 0. The Bertz CT molecular complexity index is 1010. The first-order valence-corrected chi connectivity index (χ1v) is 9.86. The first kappa shape index (κ1) is 19.6. The number of carbonyl (C=O) groups is 1. The van der Waals surface area contributed by atoms with E-state index in [1.165, 1.54) is 6.07 Å². The summed E-state index contributed by atoms with van der Waals surface area (Å²) in [5.74, 6) is 0.335. The number of nitro benzene ring substituents is 1. The van der Waals surface area contributed by atoms with Gasteiger partial charge in [0.25, 0.3) is 11.6 Å². The minimum absolute atomic E-state index is 0.0397. The highest BCUT2D eigenvalue weighted by Crippen LogP contribution is 2.32. The molecule has 0 bridgehead atoms. The second-order valence-corrected chi connectivity index (χ2v) is 7.26. The number of carbonyl (C=O) groups excluding carboxylic acids is 1. The highest BCUT2D eigenvalue weighted by molar-refractivity contribution is 5.95. The standard InChI is InChI=1S/C22H22N4O4/c27-22(18-7-8-20(21(13-18)26(28)29)24-10-1-2-11-24)25(16-19-6-4-12-30-19)15-17-5-3-9-23-14-17/h3-9,12-14H,1-2,10-11,15-16H2. The zero-order valence-corrected chi connectivity index (χ0v) is 16.4. The van der Waals surface area contributed by atoms with Crippen molar-refractivity contribution in [2.75, 3.05) is 18.0 Å². The smallest absolute Gasteiger partial charge is 0.293 e. The minimum atomic E-state index is -0.414. The fraction of sp³-hybridized carbons (Fsp3) is 0.273. The van der Waals surface area contributed by atoms with Crippen LogP contribution in [0.4, 0.5) is 11.4 Å². The van der Waals surface area contributed by atoms with Crippen molar-refractivity contribution in [2.24, 2.45) is 0 Å². The summed E-state index contributed by atoms with van der Waals surface area (Å²) in [6.07, 6.45) is 6.95. The normalized spacial score (nSPS) is 13.4. The number of amides is 1. The fourth-order valence-electron chi connectivity index (χ4n) is 3.71. The first-order valence-electron chi connectivity index (χ1n) is 9.86. The van der Waals surface area contributed by atoms with Gasteiger partial charge in [-0.05, 0) is 48.7 Å². The number of nitrogens with zero attached hydrogens (tertiary/aromatic N) is 4.